The van der Waals surface area contributed by atoms with Gasteiger partial charge in [0.1, 0.15) is 17.6 Å². The number of rotatable bonds is 6. The second-order valence-electron chi connectivity index (χ2n) is 3.62. The van der Waals surface area contributed by atoms with Crippen LogP contribution < -0.4 is 9.47 Å². The monoisotopic (exact) mass is 238 g/mol. The van der Waals surface area contributed by atoms with E-state index in [2.05, 4.69) is 4.74 Å². The minimum absolute atomic E-state index is 0.223. The topological polar surface area (TPSA) is 44.8 Å². The predicted octanol–water partition coefficient (Wildman–Crippen LogP) is 2.42. The molecule has 0 fully saturated rings. The van der Waals surface area contributed by atoms with Crippen molar-refractivity contribution < 1.29 is 19.0 Å². The molecule has 4 nitrogen and oxygen atoms in total. The summed E-state index contributed by atoms with van der Waals surface area (Å²) in [5.74, 6) is 1.17. The second-order valence-corrected chi connectivity index (χ2v) is 3.62. The Kier molecular flexibility index (Phi) is 5.33. The van der Waals surface area contributed by atoms with E-state index in [9.17, 15) is 4.79 Å². The van der Waals surface area contributed by atoms with Gasteiger partial charge in [0.25, 0.3) is 0 Å². The van der Waals surface area contributed by atoms with Crippen LogP contribution >= 0.6 is 0 Å². The Labute approximate surface area is 101 Å². The first-order chi connectivity index (χ1) is 8.15. The van der Waals surface area contributed by atoms with Crippen molar-refractivity contribution in [2.75, 3.05) is 13.7 Å². The summed E-state index contributed by atoms with van der Waals surface area (Å²) in [5.41, 5.74) is 0. The number of methoxy groups -OCH3 is 1. The molecule has 0 aliphatic rings. The molecule has 0 bridgehead atoms. The molecule has 0 saturated heterocycles. The van der Waals surface area contributed by atoms with E-state index in [1.165, 1.54) is 7.11 Å². The van der Waals surface area contributed by atoms with E-state index in [-0.39, 0.29) is 18.5 Å². The maximum absolute atomic E-state index is 11.1. The highest BCUT2D eigenvalue weighted by Crippen LogP contribution is 2.20. The van der Waals surface area contributed by atoms with Gasteiger partial charge in [0.2, 0.25) is 0 Å². The third kappa shape index (κ3) is 4.76. The highest BCUT2D eigenvalue weighted by Gasteiger charge is 2.10. The molecule has 0 aliphatic carbocycles. The van der Waals surface area contributed by atoms with Gasteiger partial charge in [0, 0.05) is 6.07 Å². The largest absolute Gasteiger partial charge is 0.494 e. The molecule has 1 aromatic carbocycles. The molecule has 0 amide bonds. The van der Waals surface area contributed by atoms with Gasteiger partial charge in [-0.05, 0) is 26.0 Å². The zero-order chi connectivity index (χ0) is 12.7. The van der Waals surface area contributed by atoms with Crippen LogP contribution in [0, 0.1) is 0 Å². The Morgan fingerprint density at radius 2 is 2.06 bits per heavy atom. The van der Waals surface area contributed by atoms with Crippen molar-refractivity contribution in [2.24, 2.45) is 0 Å². The lowest BCUT2D eigenvalue weighted by atomic mass is 10.2. The van der Waals surface area contributed by atoms with E-state index >= 15 is 0 Å². The summed E-state index contributed by atoms with van der Waals surface area (Å²) in [5, 5.41) is 0. The molecule has 0 N–H and O–H groups in total. The molecule has 94 valence electrons. The highest BCUT2D eigenvalue weighted by atomic mass is 16.5. The number of esters is 1. The lowest BCUT2D eigenvalue weighted by Crippen LogP contribution is -2.17. The molecule has 0 aromatic heterocycles. The molecule has 4 heteroatoms. The number of carbonyl (C=O) groups excluding carboxylic acids is 1. The van der Waals surface area contributed by atoms with Gasteiger partial charge in [-0.1, -0.05) is 6.07 Å². The zero-order valence-electron chi connectivity index (χ0n) is 10.4. The maximum atomic E-state index is 11.1. The van der Waals surface area contributed by atoms with Crippen LogP contribution in [0.25, 0.3) is 0 Å². The average Bonchev–Trinajstić information content (AvgIpc) is 2.29. The summed E-state index contributed by atoms with van der Waals surface area (Å²) < 4.78 is 15.5. The molecule has 1 aromatic rings. The smallest absolute Gasteiger partial charge is 0.309 e. The van der Waals surface area contributed by atoms with Crippen LogP contribution in [0.5, 0.6) is 11.5 Å². The van der Waals surface area contributed by atoms with E-state index in [1.807, 2.05) is 32.0 Å². The van der Waals surface area contributed by atoms with Gasteiger partial charge in [-0.15, -0.1) is 0 Å². The lowest BCUT2D eigenvalue weighted by molar-refractivity contribution is -0.142. The quantitative estimate of drug-likeness (QED) is 0.714. The molecule has 0 heterocycles. The summed E-state index contributed by atoms with van der Waals surface area (Å²) in [6.45, 7) is 4.36. The van der Waals surface area contributed by atoms with Crippen LogP contribution in [0.3, 0.4) is 0 Å². The fourth-order valence-electron chi connectivity index (χ4n) is 1.40. The van der Waals surface area contributed by atoms with Crippen molar-refractivity contribution in [3.05, 3.63) is 24.3 Å². The Hall–Kier alpha value is -1.71. The molecule has 1 atom stereocenters. The van der Waals surface area contributed by atoms with E-state index in [0.29, 0.717) is 12.4 Å². The van der Waals surface area contributed by atoms with Crippen LogP contribution in [0.15, 0.2) is 24.3 Å². The van der Waals surface area contributed by atoms with Crippen LogP contribution in [0.1, 0.15) is 20.3 Å². The third-order valence-corrected chi connectivity index (χ3v) is 2.14. The maximum Gasteiger partial charge on any atom is 0.309 e. The SMILES string of the molecule is CCOc1cccc(OC(C)CC(=O)OC)c1. The molecule has 0 aliphatic heterocycles. The van der Waals surface area contributed by atoms with Crippen molar-refractivity contribution in [2.45, 2.75) is 26.4 Å². The van der Waals surface area contributed by atoms with Gasteiger partial charge >= 0.3 is 5.97 Å². The summed E-state index contributed by atoms with van der Waals surface area (Å²) in [6, 6.07) is 7.35. The molecule has 17 heavy (non-hydrogen) atoms. The number of benzene rings is 1. The van der Waals surface area contributed by atoms with Crippen LogP contribution in [-0.2, 0) is 9.53 Å². The van der Waals surface area contributed by atoms with Crippen molar-refractivity contribution in [3.8, 4) is 11.5 Å². The van der Waals surface area contributed by atoms with Crippen LogP contribution in [-0.4, -0.2) is 25.8 Å². The summed E-state index contributed by atoms with van der Waals surface area (Å²) >= 11 is 0. The number of hydrogen-bond donors (Lipinski definition) is 0. The van der Waals surface area contributed by atoms with Gasteiger partial charge < -0.3 is 14.2 Å². The van der Waals surface area contributed by atoms with E-state index in [1.54, 1.807) is 6.07 Å². The standard InChI is InChI=1S/C13H18O4/c1-4-16-11-6-5-7-12(9-11)17-10(2)8-13(14)15-3/h5-7,9-10H,4,8H2,1-3H3. The minimum Gasteiger partial charge on any atom is -0.494 e. The Morgan fingerprint density at radius 1 is 1.35 bits per heavy atom. The first-order valence-electron chi connectivity index (χ1n) is 5.62. The molecule has 0 spiro atoms. The van der Waals surface area contributed by atoms with Gasteiger partial charge in [-0.3, -0.25) is 4.79 Å². The number of carbonyl (C=O) groups is 1. The Bertz CT molecular complexity index is 362. The first-order valence-corrected chi connectivity index (χ1v) is 5.62. The first kappa shape index (κ1) is 13.4. The lowest BCUT2D eigenvalue weighted by Gasteiger charge is -2.14. The Morgan fingerprint density at radius 3 is 2.71 bits per heavy atom. The minimum atomic E-state index is -0.279. The van der Waals surface area contributed by atoms with E-state index < -0.39 is 0 Å². The molecular weight excluding hydrogens is 220 g/mol. The average molecular weight is 238 g/mol. The predicted molar refractivity (Wildman–Crippen MR) is 64.3 cm³/mol. The van der Waals surface area contributed by atoms with Gasteiger partial charge in [-0.2, -0.15) is 0 Å². The highest BCUT2D eigenvalue weighted by molar-refractivity contribution is 5.69. The van der Waals surface area contributed by atoms with Gasteiger partial charge in [0.15, 0.2) is 0 Å². The number of hydrogen-bond acceptors (Lipinski definition) is 4. The summed E-state index contributed by atoms with van der Waals surface area (Å²) in [6.07, 6.45) is 0.00866. The summed E-state index contributed by atoms with van der Waals surface area (Å²) in [7, 11) is 1.37. The molecule has 0 radical (unpaired) electrons. The normalized spacial score (nSPS) is 11.7. The van der Waals surface area contributed by atoms with Gasteiger partial charge in [-0.25, -0.2) is 0 Å². The molecule has 1 unspecified atom stereocenters. The van der Waals surface area contributed by atoms with Crippen molar-refractivity contribution in [1.82, 2.24) is 0 Å². The van der Waals surface area contributed by atoms with Gasteiger partial charge in [0.05, 0.1) is 20.1 Å². The van der Waals surface area contributed by atoms with Crippen LogP contribution in [0.2, 0.25) is 0 Å². The second kappa shape index (κ2) is 6.78. The van der Waals surface area contributed by atoms with Crippen molar-refractivity contribution in [3.63, 3.8) is 0 Å². The molecule has 0 saturated carbocycles. The van der Waals surface area contributed by atoms with Crippen molar-refractivity contribution >= 4 is 5.97 Å². The number of ether oxygens (including phenoxy) is 3. The zero-order valence-corrected chi connectivity index (χ0v) is 10.4. The molecular formula is C13H18O4. The Balaban J connectivity index is 2.55. The van der Waals surface area contributed by atoms with Crippen molar-refractivity contribution in [1.29, 1.82) is 0 Å². The van der Waals surface area contributed by atoms with E-state index in [4.69, 9.17) is 9.47 Å². The third-order valence-electron chi connectivity index (χ3n) is 2.14. The van der Waals surface area contributed by atoms with E-state index in [0.717, 1.165) is 5.75 Å². The fraction of sp³-hybridized carbons (Fsp3) is 0.462. The summed E-state index contributed by atoms with van der Waals surface area (Å²) in [4.78, 5) is 11.1. The van der Waals surface area contributed by atoms with Crippen LogP contribution in [0.4, 0.5) is 0 Å². The molecule has 1 rings (SSSR count). The fourth-order valence-corrected chi connectivity index (χ4v) is 1.40.